The first-order valence-corrected chi connectivity index (χ1v) is 6.15. The van der Waals surface area contributed by atoms with Crippen LogP contribution in [0.4, 0.5) is 0 Å². The van der Waals surface area contributed by atoms with Crippen molar-refractivity contribution in [2.75, 3.05) is 0 Å². The number of piperidine rings is 1. The molecule has 2 N–H and O–H groups in total. The van der Waals surface area contributed by atoms with E-state index in [-0.39, 0.29) is 17.9 Å². The number of nitrogens with one attached hydrogen (secondary N) is 2. The molecule has 6 nitrogen and oxygen atoms in total. The number of aromatic nitrogens is 2. The maximum absolute atomic E-state index is 11.6. The number of hydrogen-bond acceptors (Lipinski definition) is 4. The molecule has 0 saturated carbocycles. The summed E-state index contributed by atoms with van der Waals surface area (Å²) in [6.45, 7) is 4.73. The molecule has 2 rings (SSSR count). The molecule has 1 atom stereocenters. The third kappa shape index (κ3) is 2.76. The van der Waals surface area contributed by atoms with E-state index in [4.69, 9.17) is 0 Å². The number of carbonyl (C=O) groups excluding carboxylic acids is 2. The summed E-state index contributed by atoms with van der Waals surface area (Å²) in [6.07, 6.45) is 4.53. The average molecular weight is 250 g/mol. The molecular weight excluding hydrogens is 232 g/mol. The molecule has 18 heavy (non-hydrogen) atoms. The Morgan fingerprint density at radius 1 is 1.56 bits per heavy atom. The maximum Gasteiger partial charge on any atom is 0.243 e. The van der Waals surface area contributed by atoms with Gasteiger partial charge in [-0.15, -0.1) is 0 Å². The van der Waals surface area contributed by atoms with Crippen molar-refractivity contribution in [3.8, 4) is 0 Å². The highest BCUT2D eigenvalue weighted by Gasteiger charge is 2.26. The minimum Gasteiger partial charge on any atom is -0.331 e. The predicted octanol–water partition coefficient (Wildman–Crippen LogP) is 0.359. The van der Waals surface area contributed by atoms with Crippen molar-refractivity contribution in [3.63, 3.8) is 0 Å². The van der Waals surface area contributed by atoms with Crippen LogP contribution >= 0.6 is 0 Å². The summed E-state index contributed by atoms with van der Waals surface area (Å²) >= 11 is 0. The summed E-state index contributed by atoms with van der Waals surface area (Å²) in [5.74, 6) is -0.424. The predicted molar refractivity (Wildman–Crippen MR) is 65.6 cm³/mol. The van der Waals surface area contributed by atoms with E-state index in [1.165, 1.54) is 0 Å². The topological polar surface area (TPSA) is 76.0 Å². The summed E-state index contributed by atoms with van der Waals surface area (Å²) in [5, 5.41) is 5.50. The Labute approximate surface area is 106 Å². The molecular formula is C12H18N4O2. The number of amides is 2. The molecule has 1 aliphatic heterocycles. The number of carbonyl (C=O) groups is 2. The van der Waals surface area contributed by atoms with Gasteiger partial charge in [0.15, 0.2) is 0 Å². The fourth-order valence-electron chi connectivity index (χ4n) is 2.05. The van der Waals surface area contributed by atoms with Gasteiger partial charge in [-0.25, -0.2) is 4.98 Å². The van der Waals surface area contributed by atoms with Gasteiger partial charge >= 0.3 is 0 Å². The van der Waals surface area contributed by atoms with Gasteiger partial charge in [0, 0.05) is 25.2 Å². The minimum absolute atomic E-state index is 0.190. The molecule has 1 aromatic rings. The van der Waals surface area contributed by atoms with E-state index in [2.05, 4.69) is 34.0 Å². The van der Waals surface area contributed by atoms with Gasteiger partial charge in [-0.1, -0.05) is 0 Å². The fourth-order valence-corrected chi connectivity index (χ4v) is 2.05. The quantitative estimate of drug-likeness (QED) is 0.756. The molecule has 98 valence electrons. The van der Waals surface area contributed by atoms with Crippen molar-refractivity contribution >= 4 is 11.8 Å². The summed E-state index contributed by atoms with van der Waals surface area (Å²) in [6, 6.07) is 0.0456. The molecule has 6 heteroatoms. The Kier molecular flexibility index (Phi) is 3.76. The largest absolute Gasteiger partial charge is 0.331 e. The SMILES string of the molecule is CC(C)n1cncc1CNC1CCC(=O)NC1=O. The minimum atomic E-state index is -0.293. The van der Waals surface area contributed by atoms with Crippen LogP contribution in [0.5, 0.6) is 0 Å². The smallest absolute Gasteiger partial charge is 0.243 e. The molecule has 2 heterocycles. The average Bonchev–Trinajstić information content (AvgIpc) is 2.76. The van der Waals surface area contributed by atoms with E-state index in [0.29, 0.717) is 25.4 Å². The van der Waals surface area contributed by atoms with Gasteiger partial charge in [-0.3, -0.25) is 14.9 Å². The van der Waals surface area contributed by atoms with Gasteiger partial charge in [-0.2, -0.15) is 0 Å². The third-order valence-corrected chi connectivity index (χ3v) is 3.07. The molecule has 1 aliphatic rings. The Hall–Kier alpha value is -1.69. The van der Waals surface area contributed by atoms with Gasteiger partial charge in [0.25, 0.3) is 0 Å². The molecule has 0 bridgehead atoms. The van der Waals surface area contributed by atoms with Gasteiger partial charge in [-0.05, 0) is 20.3 Å². The van der Waals surface area contributed by atoms with E-state index in [9.17, 15) is 9.59 Å². The van der Waals surface area contributed by atoms with Crippen molar-refractivity contribution in [2.24, 2.45) is 0 Å². The van der Waals surface area contributed by atoms with E-state index in [0.717, 1.165) is 5.69 Å². The monoisotopic (exact) mass is 250 g/mol. The van der Waals surface area contributed by atoms with Crippen LogP contribution in [-0.2, 0) is 16.1 Å². The van der Waals surface area contributed by atoms with Crippen molar-refractivity contribution in [3.05, 3.63) is 18.2 Å². The number of imide groups is 1. The zero-order valence-corrected chi connectivity index (χ0v) is 10.6. The summed E-state index contributed by atoms with van der Waals surface area (Å²) in [5.41, 5.74) is 1.04. The van der Waals surface area contributed by atoms with Crippen LogP contribution in [-0.4, -0.2) is 27.4 Å². The highest BCUT2D eigenvalue weighted by Crippen LogP contribution is 2.10. The second-order valence-electron chi connectivity index (χ2n) is 4.77. The first-order chi connectivity index (χ1) is 8.58. The Morgan fingerprint density at radius 2 is 2.33 bits per heavy atom. The molecule has 2 amide bonds. The summed E-state index contributed by atoms with van der Waals surface area (Å²) in [4.78, 5) is 26.7. The zero-order valence-electron chi connectivity index (χ0n) is 10.6. The third-order valence-electron chi connectivity index (χ3n) is 3.07. The van der Waals surface area contributed by atoms with Crippen LogP contribution in [0.25, 0.3) is 0 Å². The van der Waals surface area contributed by atoms with Crippen LogP contribution in [0, 0.1) is 0 Å². The van der Waals surface area contributed by atoms with E-state index in [1.807, 2.05) is 0 Å². The fraction of sp³-hybridized carbons (Fsp3) is 0.583. The zero-order chi connectivity index (χ0) is 13.1. The molecule has 0 spiro atoms. The van der Waals surface area contributed by atoms with Crippen LogP contribution in [0.3, 0.4) is 0 Å². The lowest BCUT2D eigenvalue weighted by Gasteiger charge is -2.22. The number of nitrogens with zero attached hydrogens (tertiary/aromatic N) is 2. The number of rotatable bonds is 4. The van der Waals surface area contributed by atoms with Gasteiger partial charge in [0.05, 0.1) is 18.1 Å². The van der Waals surface area contributed by atoms with Crippen molar-refractivity contribution < 1.29 is 9.59 Å². The lowest BCUT2D eigenvalue weighted by Crippen LogP contribution is -2.50. The standard InChI is InChI=1S/C12H18N4O2/c1-8(2)16-7-13-5-9(16)6-14-10-3-4-11(17)15-12(10)18/h5,7-8,10,14H,3-4,6H2,1-2H3,(H,15,17,18). The maximum atomic E-state index is 11.6. The summed E-state index contributed by atoms with van der Waals surface area (Å²) in [7, 11) is 0. The Morgan fingerprint density at radius 3 is 3.00 bits per heavy atom. The van der Waals surface area contributed by atoms with Crippen molar-refractivity contribution in [1.82, 2.24) is 20.2 Å². The van der Waals surface area contributed by atoms with Crippen LogP contribution in [0.15, 0.2) is 12.5 Å². The first kappa shape index (κ1) is 12.8. The Balaban J connectivity index is 1.93. The van der Waals surface area contributed by atoms with Crippen LogP contribution in [0.2, 0.25) is 0 Å². The van der Waals surface area contributed by atoms with E-state index in [1.54, 1.807) is 12.5 Å². The molecule has 0 radical (unpaired) electrons. The number of imidazole rings is 1. The van der Waals surface area contributed by atoms with E-state index >= 15 is 0 Å². The molecule has 1 unspecified atom stereocenters. The van der Waals surface area contributed by atoms with Crippen molar-refractivity contribution in [2.45, 2.75) is 45.3 Å². The van der Waals surface area contributed by atoms with Crippen LogP contribution in [0.1, 0.15) is 38.4 Å². The normalized spacial score (nSPS) is 20.3. The molecule has 0 aliphatic carbocycles. The molecule has 1 saturated heterocycles. The lowest BCUT2D eigenvalue weighted by atomic mass is 10.1. The van der Waals surface area contributed by atoms with E-state index < -0.39 is 0 Å². The van der Waals surface area contributed by atoms with Crippen molar-refractivity contribution in [1.29, 1.82) is 0 Å². The second kappa shape index (κ2) is 5.30. The number of hydrogen-bond donors (Lipinski definition) is 2. The van der Waals surface area contributed by atoms with Gasteiger partial charge in [0.2, 0.25) is 11.8 Å². The molecule has 1 fully saturated rings. The highest BCUT2D eigenvalue weighted by atomic mass is 16.2. The lowest BCUT2D eigenvalue weighted by molar-refractivity contribution is -0.134. The highest BCUT2D eigenvalue weighted by molar-refractivity contribution is 6.00. The second-order valence-corrected chi connectivity index (χ2v) is 4.77. The first-order valence-electron chi connectivity index (χ1n) is 6.15. The van der Waals surface area contributed by atoms with Gasteiger partial charge in [0.1, 0.15) is 0 Å². The molecule has 0 aromatic carbocycles. The Bertz CT molecular complexity index is 453. The van der Waals surface area contributed by atoms with Gasteiger partial charge < -0.3 is 9.88 Å². The summed E-state index contributed by atoms with van der Waals surface area (Å²) < 4.78 is 2.05. The molecule has 1 aromatic heterocycles. The van der Waals surface area contributed by atoms with Crippen LogP contribution < -0.4 is 10.6 Å².